The van der Waals surface area contributed by atoms with Crippen LogP contribution in [0.4, 0.5) is 0 Å². The molecule has 2 heterocycles. The molecule has 0 spiro atoms. The molecule has 7 nitrogen and oxygen atoms in total. The fourth-order valence-electron chi connectivity index (χ4n) is 3.15. The number of carbonyl (C=O) groups is 1. The van der Waals surface area contributed by atoms with Crippen molar-refractivity contribution in [3.8, 4) is 11.3 Å². The van der Waals surface area contributed by atoms with Crippen LogP contribution in [-0.2, 0) is 10.0 Å². The number of aromatic carboxylic acids is 1. The van der Waals surface area contributed by atoms with E-state index in [2.05, 4.69) is 9.97 Å². The minimum Gasteiger partial charge on any atom is -0.478 e. The van der Waals surface area contributed by atoms with Gasteiger partial charge in [0.15, 0.2) is 0 Å². The number of hydrogen-bond acceptors (Lipinski definition) is 5. The van der Waals surface area contributed by atoms with Crippen LogP contribution in [0.3, 0.4) is 0 Å². The first-order valence-electron chi connectivity index (χ1n) is 8.38. The molecule has 8 heteroatoms. The van der Waals surface area contributed by atoms with Crippen LogP contribution in [-0.4, -0.2) is 53.1 Å². The molecule has 0 radical (unpaired) electrons. The lowest BCUT2D eigenvalue weighted by atomic mass is 9.96. The van der Waals surface area contributed by atoms with Gasteiger partial charge in [-0.1, -0.05) is 12.1 Å². The van der Waals surface area contributed by atoms with E-state index in [1.54, 1.807) is 24.3 Å². The van der Waals surface area contributed by atoms with Crippen LogP contribution in [0.15, 0.2) is 30.3 Å². The molecule has 138 valence electrons. The largest absolute Gasteiger partial charge is 0.478 e. The van der Waals surface area contributed by atoms with E-state index < -0.39 is 16.0 Å². The predicted octanol–water partition coefficient (Wildman–Crippen LogP) is 2.29. The average Bonchev–Trinajstić information content (AvgIpc) is 2.60. The SMILES string of the molecule is Cc1cc(-c2ccc(C(=O)O)cc2)nc(C2CCN(S(C)(=O)=O)CC2)n1. The third kappa shape index (κ3) is 4.08. The van der Waals surface area contributed by atoms with Gasteiger partial charge in [0, 0.05) is 30.3 Å². The maximum absolute atomic E-state index is 11.7. The number of carboxylic acids is 1. The highest BCUT2D eigenvalue weighted by Gasteiger charge is 2.27. The Hall–Kier alpha value is -2.32. The molecule has 0 saturated carbocycles. The van der Waals surface area contributed by atoms with E-state index in [1.807, 2.05) is 13.0 Å². The molecule has 1 fully saturated rings. The predicted molar refractivity (Wildman–Crippen MR) is 97.6 cm³/mol. The van der Waals surface area contributed by atoms with Crippen molar-refractivity contribution in [3.05, 3.63) is 47.4 Å². The summed E-state index contributed by atoms with van der Waals surface area (Å²) < 4.78 is 24.8. The number of carboxylic acid groups (broad SMARTS) is 1. The highest BCUT2D eigenvalue weighted by Crippen LogP contribution is 2.28. The molecule has 1 N–H and O–H groups in total. The minimum atomic E-state index is -3.16. The zero-order valence-corrected chi connectivity index (χ0v) is 15.5. The van der Waals surface area contributed by atoms with Crippen molar-refractivity contribution in [2.45, 2.75) is 25.7 Å². The number of piperidine rings is 1. The third-order valence-electron chi connectivity index (χ3n) is 4.59. The third-order valence-corrected chi connectivity index (χ3v) is 5.89. The highest BCUT2D eigenvalue weighted by atomic mass is 32.2. The van der Waals surface area contributed by atoms with Gasteiger partial charge in [-0.3, -0.25) is 0 Å². The van der Waals surface area contributed by atoms with E-state index in [9.17, 15) is 13.2 Å². The Morgan fingerprint density at radius 2 is 1.77 bits per heavy atom. The van der Waals surface area contributed by atoms with E-state index in [-0.39, 0.29) is 11.5 Å². The zero-order valence-electron chi connectivity index (χ0n) is 14.7. The van der Waals surface area contributed by atoms with Gasteiger partial charge in [0.25, 0.3) is 0 Å². The normalized spacial score (nSPS) is 16.5. The standard InChI is InChI=1S/C18H21N3O4S/c1-12-11-16(13-3-5-15(6-4-13)18(22)23)20-17(19-12)14-7-9-21(10-8-14)26(2,24)25/h3-6,11,14H,7-10H2,1-2H3,(H,22,23). The fourth-order valence-corrected chi connectivity index (χ4v) is 4.03. The highest BCUT2D eigenvalue weighted by molar-refractivity contribution is 7.88. The van der Waals surface area contributed by atoms with Crippen molar-refractivity contribution in [1.29, 1.82) is 0 Å². The Kier molecular flexibility index (Phi) is 5.06. The van der Waals surface area contributed by atoms with Crippen molar-refractivity contribution in [1.82, 2.24) is 14.3 Å². The molecule has 1 aromatic carbocycles. The Morgan fingerprint density at radius 1 is 1.15 bits per heavy atom. The smallest absolute Gasteiger partial charge is 0.335 e. The van der Waals surface area contributed by atoms with Gasteiger partial charge in [0.05, 0.1) is 17.5 Å². The Bertz CT molecular complexity index is 918. The molecule has 2 aromatic rings. The number of benzene rings is 1. The van der Waals surface area contributed by atoms with Crippen molar-refractivity contribution in [2.75, 3.05) is 19.3 Å². The van der Waals surface area contributed by atoms with Gasteiger partial charge in [-0.2, -0.15) is 0 Å². The number of rotatable bonds is 4. The van der Waals surface area contributed by atoms with Crippen LogP contribution in [0.25, 0.3) is 11.3 Å². The van der Waals surface area contributed by atoms with Crippen LogP contribution in [0.2, 0.25) is 0 Å². The quantitative estimate of drug-likeness (QED) is 0.880. The van der Waals surface area contributed by atoms with E-state index >= 15 is 0 Å². The van der Waals surface area contributed by atoms with Gasteiger partial charge < -0.3 is 5.11 Å². The second kappa shape index (κ2) is 7.13. The van der Waals surface area contributed by atoms with Crippen LogP contribution >= 0.6 is 0 Å². The van der Waals surface area contributed by atoms with Crippen molar-refractivity contribution >= 4 is 16.0 Å². The average molecular weight is 375 g/mol. The van der Waals surface area contributed by atoms with Crippen molar-refractivity contribution in [3.63, 3.8) is 0 Å². The molecule has 0 aliphatic carbocycles. The van der Waals surface area contributed by atoms with Crippen LogP contribution in [0, 0.1) is 6.92 Å². The number of nitrogens with zero attached hydrogens (tertiary/aromatic N) is 3. The number of aryl methyl sites for hydroxylation is 1. The second-order valence-electron chi connectivity index (χ2n) is 6.57. The summed E-state index contributed by atoms with van der Waals surface area (Å²) in [5.41, 5.74) is 2.64. The number of aromatic nitrogens is 2. The first-order chi connectivity index (χ1) is 12.2. The molecule has 3 rings (SSSR count). The summed E-state index contributed by atoms with van der Waals surface area (Å²) in [5.74, 6) is -0.130. The minimum absolute atomic E-state index is 0.116. The Balaban J connectivity index is 1.83. The molecule has 1 aromatic heterocycles. The van der Waals surface area contributed by atoms with E-state index in [1.165, 1.54) is 10.6 Å². The lowest BCUT2D eigenvalue weighted by Gasteiger charge is -2.29. The lowest BCUT2D eigenvalue weighted by Crippen LogP contribution is -2.37. The molecule has 1 aliphatic rings. The van der Waals surface area contributed by atoms with Crippen LogP contribution < -0.4 is 0 Å². The van der Waals surface area contributed by atoms with Gasteiger partial charge in [-0.05, 0) is 38.0 Å². The molecule has 0 amide bonds. The van der Waals surface area contributed by atoms with E-state index in [0.29, 0.717) is 25.9 Å². The van der Waals surface area contributed by atoms with E-state index in [4.69, 9.17) is 5.11 Å². The van der Waals surface area contributed by atoms with Gasteiger partial charge in [0.1, 0.15) is 5.82 Å². The molecule has 0 bridgehead atoms. The van der Waals surface area contributed by atoms with Crippen molar-refractivity contribution < 1.29 is 18.3 Å². The zero-order chi connectivity index (χ0) is 18.9. The molecular formula is C18H21N3O4S. The summed E-state index contributed by atoms with van der Waals surface area (Å²) in [5, 5.41) is 9.01. The first-order valence-corrected chi connectivity index (χ1v) is 10.2. The van der Waals surface area contributed by atoms with Gasteiger partial charge in [-0.25, -0.2) is 27.5 Å². The topological polar surface area (TPSA) is 100 Å². The van der Waals surface area contributed by atoms with Crippen molar-refractivity contribution in [2.24, 2.45) is 0 Å². The van der Waals surface area contributed by atoms with E-state index in [0.717, 1.165) is 22.8 Å². The van der Waals surface area contributed by atoms with Crippen LogP contribution in [0.1, 0.15) is 40.6 Å². The summed E-state index contributed by atoms with van der Waals surface area (Å²) in [6, 6.07) is 8.45. The first kappa shape index (κ1) is 18.5. The summed E-state index contributed by atoms with van der Waals surface area (Å²) >= 11 is 0. The number of hydrogen-bond donors (Lipinski definition) is 1. The molecule has 1 saturated heterocycles. The summed E-state index contributed by atoms with van der Waals surface area (Å²) in [4.78, 5) is 20.2. The number of sulfonamides is 1. The molecule has 0 atom stereocenters. The summed E-state index contributed by atoms with van der Waals surface area (Å²) in [6.45, 7) is 2.85. The Morgan fingerprint density at radius 3 is 2.31 bits per heavy atom. The second-order valence-corrected chi connectivity index (χ2v) is 8.55. The van der Waals surface area contributed by atoms with Gasteiger partial charge in [0.2, 0.25) is 10.0 Å². The molecule has 0 unspecified atom stereocenters. The molecule has 1 aliphatic heterocycles. The summed E-state index contributed by atoms with van der Waals surface area (Å²) in [7, 11) is -3.16. The Labute approximate surface area is 152 Å². The fraction of sp³-hybridized carbons (Fsp3) is 0.389. The van der Waals surface area contributed by atoms with Crippen LogP contribution in [0.5, 0.6) is 0 Å². The maximum Gasteiger partial charge on any atom is 0.335 e. The van der Waals surface area contributed by atoms with Gasteiger partial charge in [-0.15, -0.1) is 0 Å². The molecule has 26 heavy (non-hydrogen) atoms. The summed E-state index contributed by atoms with van der Waals surface area (Å²) in [6.07, 6.45) is 2.61. The monoisotopic (exact) mass is 375 g/mol. The van der Waals surface area contributed by atoms with Gasteiger partial charge >= 0.3 is 5.97 Å². The molecular weight excluding hydrogens is 354 g/mol. The maximum atomic E-state index is 11.7. The lowest BCUT2D eigenvalue weighted by molar-refractivity contribution is 0.0697.